The Bertz CT molecular complexity index is 547. The third-order valence-electron chi connectivity index (χ3n) is 3.16. The highest BCUT2D eigenvalue weighted by Crippen LogP contribution is 2.33. The van der Waals surface area contributed by atoms with E-state index in [1.165, 1.54) is 0 Å². The summed E-state index contributed by atoms with van der Waals surface area (Å²) >= 11 is 12.0. The summed E-state index contributed by atoms with van der Waals surface area (Å²) in [5, 5.41) is 1.02. The lowest BCUT2D eigenvalue weighted by Crippen LogP contribution is -2.31. The molecule has 2 rings (SSSR count). The van der Waals surface area contributed by atoms with Gasteiger partial charge < -0.3 is 10.2 Å². The average Bonchev–Trinajstić information content (AvgIpc) is 2.72. The third-order valence-corrected chi connectivity index (χ3v) is 3.66. The first-order valence-corrected chi connectivity index (χ1v) is 6.22. The highest BCUT2D eigenvalue weighted by atomic mass is 35.5. The average molecular weight is 273 g/mol. The molecule has 0 saturated carbocycles. The summed E-state index contributed by atoms with van der Waals surface area (Å²) in [5.41, 5.74) is 6.75. The van der Waals surface area contributed by atoms with E-state index in [1.54, 1.807) is 12.1 Å². The fourth-order valence-corrected chi connectivity index (χ4v) is 2.12. The van der Waals surface area contributed by atoms with Crippen LogP contribution in [0.2, 0.25) is 10.0 Å². The van der Waals surface area contributed by atoms with Crippen LogP contribution in [-0.2, 0) is 5.41 Å². The molecule has 0 fully saturated rings. The van der Waals surface area contributed by atoms with Crippen LogP contribution in [0.25, 0.3) is 11.1 Å². The van der Waals surface area contributed by atoms with Gasteiger partial charge in [-0.2, -0.15) is 0 Å². The van der Waals surface area contributed by atoms with Gasteiger partial charge in [-0.1, -0.05) is 30.1 Å². The van der Waals surface area contributed by atoms with Gasteiger partial charge in [0.05, 0.1) is 10.4 Å². The molecule has 0 bridgehead atoms. The standard InChI is InChI=1S/C12H14Cl2N2O/c1-3-12(2,6-15)11-16-9-5-7(13)4-8(14)10(9)17-11/h4-5H,3,6,15H2,1-2H3. The van der Waals surface area contributed by atoms with E-state index in [0.717, 1.165) is 6.42 Å². The summed E-state index contributed by atoms with van der Waals surface area (Å²) in [4.78, 5) is 4.43. The lowest BCUT2D eigenvalue weighted by Gasteiger charge is -2.21. The second kappa shape index (κ2) is 4.48. The van der Waals surface area contributed by atoms with E-state index in [4.69, 9.17) is 33.4 Å². The van der Waals surface area contributed by atoms with Gasteiger partial charge >= 0.3 is 0 Å². The first kappa shape index (κ1) is 12.7. The summed E-state index contributed by atoms with van der Waals surface area (Å²) in [6, 6.07) is 3.38. The van der Waals surface area contributed by atoms with E-state index in [2.05, 4.69) is 11.9 Å². The first-order chi connectivity index (χ1) is 8.00. The minimum absolute atomic E-state index is 0.269. The number of oxazole rings is 1. The molecule has 1 atom stereocenters. The molecule has 0 radical (unpaired) electrons. The lowest BCUT2D eigenvalue weighted by atomic mass is 9.88. The maximum Gasteiger partial charge on any atom is 0.202 e. The summed E-state index contributed by atoms with van der Waals surface area (Å²) in [7, 11) is 0. The van der Waals surface area contributed by atoms with Crippen molar-refractivity contribution in [2.24, 2.45) is 5.73 Å². The van der Waals surface area contributed by atoms with Gasteiger partial charge in [-0.25, -0.2) is 4.98 Å². The van der Waals surface area contributed by atoms with Crippen LogP contribution in [0.5, 0.6) is 0 Å². The van der Waals surface area contributed by atoms with Crippen molar-refractivity contribution < 1.29 is 4.42 Å². The largest absolute Gasteiger partial charge is 0.438 e. The van der Waals surface area contributed by atoms with Crippen LogP contribution in [0, 0.1) is 0 Å². The molecule has 2 aromatic rings. The zero-order valence-corrected chi connectivity index (χ0v) is 11.3. The van der Waals surface area contributed by atoms with Crippen LogP contribution in [0.4, 0.5) is 0 Å². The molecule has 0 amide bonds. The Balaban J connectivity index is 2.62. The fourth-order valence-electron chi connectivity index (χ4n) is 1.60. The van der Waals surface area contributed by atoms with Gasteiger partial charge in [0.15, 0.2) is 5.58 Å². The number of benzene rings is 1. The predicted octanol–water partition coefficient (Wildman–Crippen LogP) is 3.76. The minimum atomic E-state index is -0.269. The van der Waals surface area contributed by atoms with Gasteiger partial charge in [0, 0.05) is 11.6 Å². The molecule has 92 valence electrons. The van der Waals surface area contributed by atoms with Crippen molar-refractivity contribution in [3.8, 4) is 0 Å². The molecule has 3 nitrogen and oxygen atoms in total. The maximum atomic E-state index is 6.06. The second-order valence-electron chi connectivity index (χ2n) is 4.37. The molecule has 1 aromatic carbocycles. The van der Waals surface area contributed by atoms with Crippen LogP contribution in [0.1, 0.15) is 26.2 Å². The number of hydrogen-bond donors (Lipinski definition) is 1. The summed E-state index contributed by atoms with van der Waals surface area (Å²) < 4.78 is 5.72. The van der Waals surface area contributed by atoms with Gasteiger partial charge in [0.1, 0.15) is 5.52 Å². The number of nitrogens with two attached hydrogens (primary N) is 1. The number of rotatable bonds is 3. The zero-order valence-electron chi connectivity index (χ0n) is 9.76. The molecule has 2 N–H and O–H groups in total. The Morgan fingerprint density at radius 1 is 1.41 bits per heavy atom. The van der Waals surface area contributed by atoms with Crippen LogP contribution in [0.3, 0.4) is 0 Å². The molecule has 0 aliphatic rings. The van der Waals surface area contributed by atoms with Gasteiger partial charge in [0.2, 0.25) is 5.89 Å². The van der Waals surface area contributed by atoms with Crippen LogP contribution in [0.15, 0.2) is 16.5 Å². The van der Waals surface area contributed by atoms with Gasteiger partial charge in [-0.05, 0) is 25.5 Å². The van der Waals surface area contributed by atoms with Crippen LogP contribution in [-0.4, -0.2) is 11.5 Å². The molecule has 0 saturated heterocycles. The minimum Gasteiger partial charge on any atom is -0.438 e. The van der Waals surface area contributed by atoms with Crippen molar-refractivity contribution in [1.29, 1.82) is 0 Å². The van der Waals surface area contributed by atoms with Crippen molar-refractivity contribution in [2.75, 3.05) is 6.54 Å². The Hall–Kier alpha value is -0.770. The Morgan fingerprint density at radius 2 is 2.12 bits per heavy atom. The Kier molecular flexibility index (Phi) is 3.34. The Morgan fingerprint density at radius 3 is 2.71 bits per heavy atom. The van der Waals surface area contributed by atoms with E-state index >= 15 is 0 Å². The van der Waals surface area contributed by atoms with Crippen molar-refractivity contribution in [3.63, 3.8) is 0 Å². The molecular formula is C12H14Cl2N2O. The van der Waals surface area contributed by atoms with Crippen LogP contribution >= 0.6 is 23.2 Å². The fraction of sp³-hybridized carbons (Fsp3) is 0.417. The SMILES string of the molecule is CCC(C)(CN)c1nc2cc(Cl)cc(Cl)c2o1. The number of hydrogen-bond acceptors (Lipinski definition) is 3. The topological polar surface area (TPSA) is 52.0 Å². The predicted molar refractivity (Wildman–Crippen MR) is 70.7 cm³/mol. The number of fused-ring (bicyclic) bond motifs is 1. The lowest BCUT2D eigenvalue weighted by molar-refractivity contribution is 0.354. The summed E-state index contributed by atoms with van der Waals surface area (Å²) in [6.07, 6.45) is 0.849. The van der Waals surface area contributed by atoms with E-state index in [0.29, 0.717) is 33.6 Å². The van der Waals surface area contributed by atoms with E-state index in [-0.39, 0.29) is 5.41 Å². The zero-order chi connectivity index (χ0) is 12.6. The summed E-state index contributed by atoms with van der Waals surface area (Å²) in [5.74, 6) is 0.613. The molecule has 17 heavy (non-hydrogen) atoms. The summed E-state index contributed by atoms with van der Waals surface area (Å²) in [6.45, 7) is 4.55. The second-order valence-corrected chi connectivity index (χ2v) is 5.22. The monoisotopic (exact) mass is 272 g/mol. The number of aromatic nitrogens is 1. The van der Waals surface area contributed by atoms with Gasteiger partial charge in [-0.3, -0.25) is 0 Å². The molecule has 0 aliphatic carbocycles. The number of halogens is 2. The van der Waals surface area contributed by atoms with Crippen molar-refractivity contribution >= 4 is 34.3 Å². The molecule has 1 heterocycles. The molecule has 1 aromatic heterocycles. The molecule has 0 spiro atoms. The molecule has 0 aliphatic heterocycles. The molecule has 5 heteroatoms. The van der Waals surface area contributed by atoms with E-state index in [9.17, 15) is 0 Å². The smallest absolute Gasteiger partial charge is 0.202 e. The normalized spacial score (nSPS) is 15.1. The van der Waals surface area contributed by atoms with Gasteiger partial charge in [-0.15, -0.1) is 0 Å². The van der Waals surface area contributed by atoms with E-state index < -0.39 is 0 Å². The van der Waals surface area contributed by atoms with Crippen LogP contribution < -0.4 is 5.73 Å². The van der Waals surface area contributed by atoms with Gasteiger partial charge in [0.25, 0.3) is 0 Å². The highest BCUT2D eigenvalue weighted by molar-refractivity contribution is 6.37. The van der Waals surface area contributed by atoms with Crippen molar-refractivity contribution in [3.05, 3.63) is 28.1 Å². The molecule has 1 unspecified atom stereocenters. The molecular weight excluding hydrogens is 259 g/mol. The third kappa shape index (κ3) is 2.15. The maximum absolute atomic E-state index is 6.06. The van der Waals surface area contributed by atoms with Crippen molar-refractivity contribution in [1.82, 2.24) is 4.98 Å². The van der Waals surface area contributed by atoms with Crippen molar-refractivity contribution in [2.45, 2.75) is 25.7 Å². The first-order valence-electron chi connectivity index (χ1n) is 5.46. The quantitative estimate of drug-likeness (QED) is 0.926. The highest BCUT2D eigenvalue weighted by Gasteiger charge is 2.29. The Labute approximate surface area is 110 Å². The number of nitrogens with zero attached hydrogens (tertiary/aromatic N) is 1. The van der Waals surface area contributed by atoms with E-state index in [1.807, 2.05) is 6.92 Å².